The fourth-order valence-electron chi connectivity index (χ4n) is 2.05. The van der Waals surface area contributed by atoms with Gasteiger partial charge in [-0.1, -0.05) is 6.92 Å². The summed E-state index contributed by atoms with van der Waals surface area (Å²) in [5, 5.41) is 6.65. The van der Waals surface area contributed by atoms with Crippen LogP contribution in [0.4, 0.5) is 11.6 Å². The second-order valence-electron chi connectivity index (χ2n) is 4.84. The van der Waals surface area contributed by atoms with Crippen molar-refractivity contribution in [1.29, 1.82) is 0 Å². The summed E-state index contributed by atoms with van der Waals surface area (Å²) in [6.07, 6.45) is 1.79. The Morgan fingerprint density at radius 2 is 2.33 bits per heavy atom. The topological polar surface area (TPSA) is 96.7 Å². The van der Waals surface area contributed by atoms with E-state index in [1.807, 2.05) is 5.38 Å². The normalized spacial score (nSPS) is 12.4. The van der Waals surface area contributed by atoms with Crippen LogP contribution >= 0.6 is 11.3 Å². The van der Waals surface area contributed by atoms with Gasteiger partial charge in [-0.3, -0.25) is 9.78 Å². The van der Waals surface area contributed by atoms with Crippen LogP contribution in [0.15, 0.2) is 34.6 Å². The number of hydrogen-bond donors (Lipinski definition) is 3. The molecule has 0 fully saturated rings. The van der Waals surface area contributed by atoms with E-state index in [2.05, 4.69) is 27.2 Å². The molecule has 0 saturated heterocycles. The van der Waals surface area contributed by atoms with E-state index in [0.29, 0.717) is 29.1 Å². The number of fused-ring (bicyclic) bond motifs is 1. The average molecular weight is 301 g/mol. The summed E-state index contributed by atoms with van der Waals surface area (Å²) in [4.78, 5) is 23.4. The molecule has 4 N–H and O–H groups in total. The van der Waals surface area contributed by atoms with E-state index in [0.717, 1.165) is 5.01 Å². The van der Waals surface area contributed by atoms with Gasteiger partial charge in [-0.15, -0.1) is 11.3 Å². The zero-order valence-corrected chi connectivity index (χ0v) is 12.3. The van der Waals surface area contributed by atoms with Gasteiger partial charge in [-0.2, -0.15) is 0 Å². The van der Waals surface area contributed by atoms with Gasteiger partial charge in [0.05, 0.1) is 15.9 Å². The Morgan fingerprint density at radius 3 is 3.10 bits per heavy atom. The number of hydrogen-bond acceptors (Lipinski definition) is 6. The van der Waals surface area contributed by atoms with E-state index in [-0.39, 0.29) is 11.5 Å². The minimum Gasteiger partial charge on any atom is -0.399 e. The SMILES string of the molecule is CC(CNc1nc2ccc(N)cc2c(=O)[nH]1)c1nccs1. The summed E-state index contributed by atoms with van der Waals surface area (Å²) in [7, 11) is 0. The highest BCUT2D eigenvalue weighted by Crippen LogP contribution is 2.18. The summed E-state index contributed by atoms with van der Waals surface area (Å²) < 4.78 is 0. The molecule has 0 radical (unpaired) electrons. The lowest BCUT2D eigenvalue weighted by Crippen LogP contribution is -2.16. The maximum atomic E-state index is 12.0. The number of nitrogens with two attached hydrogens (primary N) is 1. The molecule has 0 aliphatic heterocycles. The van der Waals surface area contributed by atoms with Gasteiger partial charge in [-0.25, -0.2) is 9.97 Å². The number of aromatic amines is 1. The third kappa shape index (κ3) is 2.87. The largest absolute Gasteiger partial charge is 0.399 e. The Balaban J connectivity index is 1.82. The zero-order chi connectivity index (χ0) is 14.8. The number of anilines is 2. The molecule has 3 aromatic rings. The summed E-state index contributed by atoms with van der Waals surface area (Å²) in [6.45, 7) is 2.72. The highest BCUT2D eigenvalue weighted by molar-refractivity contribution is 7.09. The van der Waals surface area contributed by atoms with Gasteiger partial charge in [0.1, 0.15) is 0 Å². The van der Waals surface area contributed by atoms with Gasteiger partial charge >= 0.3 is 0 Å². The first kappa shape index (κ1) is 13.6. The summed E-state index contributed by atoms with van der Waals surface area (Å²) in [6, 6.07) is 5.11. The molecule has 0 aliphatic carbocycles. The van der Waals surface area contributed by atoms with Crippen molar-refractivity contribution >= 4 is 33.9 Å². The standard InChI is InChI=1S/C14H15N5OS/c1-8(13-16-4-5-21-13)7-17-14-18-11-3-2-9(15)6-10(11)12(20)19-14/h2-6,8H,7,15H2,1H3,(H2,17,18,19,20). The maximum Gasteiger partial charge on any atom is 0.260 e. The van der Waals surface area contributed by atoms with E-state index in [1.54, 1.807) is 35.7 Å². The van der Waals surface area contributed by atoms with Gasteiger partial charge in [-0.05, 0) is 18.2 Å². The first-order chi connectivity index (χ1) is 10.1. The molecular formula is C14H15N5OS. The minimum absolute atomic E-state index is 0.197. The van der Waals surface area contributed by atoms with Crippen molar-refractivity contribution in [2.45, 2.75) is 12.8 Å². The van der Waals surface area contributed by atoms with E-state index < -0.39 is 0 Å². The maximum absolute atomic E-state index is 12.0. The molecule has 1 atom stereocenters. The fraction of sp³-hybridized carbons (Fsp3) is 0.214. The molecule has 2 heterocycles. The van der Waals surface area contributed by atoms with Crippen molar-refractivity contribution in [2.24, 2.45) is 0 Å². The van der Waals surface area contributed by atoms with Crippen LogP contribution in [0.25, 0.3) is 10.9 Å². The van der Waals surface area contributed by atoms with Crippen molar-refractivity contribution in [3.63, 3.8) is 0 Å². The predicted molar refractivity (Wildman–Crippen MR) is 85.8 cm³/mol. The summed E-state index contributed by atoms with van der Waals surface area (Å²) in [5.74, 6) is 0.707. The molecule has 6 nitrogen and oxygen atoms in total. The van der Waals surface area contributed by atoms with Gasteiger partial charge in [0.15, 0.2) is 0 Å². The van der Waals surface area contributed by atoms with Crippen LogP contribution in [0.1, 0.15) is 17.8 Å². The number of rotatable bonds is 4. The van der Waals surface area contributed by atoms with Gasteiger partial charge < -0.3 is 11.1 Å². The van der Waals surface area contributed by atoms with Gasteiger partial charge in [0.25, 0.3) is 5.56 Å². The van der Waals surface area contributed by atoms with Crippen molar-refractivity contribution in [3.8, 4) is 0 Å². The van der Waals surface area contributed by atoms with Crippen LogP contribution in [0.5, 0.6) is 0 Å². The molecule has 3 rings (SSSR count). The smallest absolute Gasteiger partial charge is 0.260 e. The van der Waals surface area contributed by atoms with Crippen LogP contribution in [0.3, 0.4) is 0 Å². The van der Waals surface area contributed by atoms with Gasteiger partial charge in [0, 0.05) is 29.7 Å². The first-order valence-electron chi connectivity index (χ1n) is 6.56. The Kier molecular flexibility index (Phi) is 3.57. The van der Waals surface area contributed by atoms with Crippen LogP contribution in [0, 0.1) is 0 Å². The van der Waals surface area contributed by atoms with Crippen molar-refractivity contribution in [1.82, 2.24) is 15.0 Å². The molecule has 0 aliphatic rings. The lowest BCUT2D eigenvalue weighted by molar-refractivity contribution is 0.788. The fourth-order valence-corrected chi connectivity index (χ4v) is 2.75. The summed E-state index contributed by atoms with van der Waals surface area (Å²) in [5.41, 5.74) is 6.66. The highest BCUT2D eigenvalue weighted by Gasteiger charge is 2.09. The second-order valence-corrected chi connectivity index (χ2v) is 5.77. The van der Waals surface area contributed by atoms with Crippen LogP contribution in [-0.4, -0.2) is 21.5 Å². The third-order valence-corrected chi connectivity index (χ3v) is 4.19. The van der Waals surface area contributed by atoms with E-state index in [1.165, 1.54) is 0 Å². The molecule has 0 saturated carbocycles. The molecule has 21 heavy (non-hydrogen) atoms. The van der Waals surface area contributed by atoms with E-state index in [9.17, 15) is 4.79 Å². The molecule has 7 heteroatoms. The molecule has 0 amide bonds. The molecule has 2 aromatic heterocycles. The molecule has 1 unspecified atom stereocenters. The number of nitrogens with zero attached hydrogens (tertiary/aromatic N) is 2. The Bertz CT molecular complexity index is 812. The Labute approximate surface area is 125 Å². The number of benzene rings is 1. The Hall–Kier alpha value is -2.41. The molecule has 0 bridgehead atoms. The van der Waals surface area contributed by atoms with Crippen molar-refractivity contribution < 1.29 is 0 Å². The number of thiazole rings is 1. The Morgan fingerprint density at radius 1 is 1.48 bits per heavy atom. The van der Waals surface area contributed by atoms with Gasteiger partial charge in [0.2, 0.25) is 5.95 Å². The predicted octanol–water partition coefficient (Wildman–Crippen LogP) is 2.18. The number of aromatic nitrogens is 3. The number of H-pyrrole nitrogens is 1. The molecular weight excluding hydrogens is 286 g/mol. The molecule has 0 spiro atoms. The van der Waals surface area contributed by atoms with E-state index in [4.69, 9.17) is 5.73 Å². The monoisotopic (exact) mass is 301 g/mol. The summed E-state index contributed by atoms with van der Waals surface area (Å²) >= 11 is 1.62. The van der Waals surface area contributed by atoms with Crippen molar-refractivity contribution in [3.05, 3.63) is 45.1 Å². The molecule has 1 aromatic carbocycles. The number of nitrogen functional groups attached to an aromatic ring is 1. The van der Waals surface area contributed by atoms with E-state index >= 15 is 0 Å². The zero-order valence-electron chi connectivity index (χ0n) is 11.5. The highest BCUT2D eigenvalue weighted by atomic mass is 32.1. The molecule has 108 valence electrons. The van der Waals surface area contributed by atoms with Crippen LogP contribution < -0.4 is 16.6 Å². The lowest BCUT2D eigenvalue weighted by Gasteiger charge is -2.10. The average Bonchev–Trinajstić information content (AvgIpc) is 3.00. The van der Waals surface area contributed by atoms with Crippen LogP contribution in [-0.2, 0) is 0 Å². The minimum atomic E-state index is -0.197. The lowest BCUT2D eigenvalue weighted by atomic mass is 10.2. The van der Waals surface area contributed by atoms with Crippen molar-refractivity contribution in [2.75, 3.05) is 17.6 Å². The van der Waals surface area contributed by atoms with Crippen LogP contribution in [0.2, 0.25) is 0 Å². The third-order valence-electron chi connectivity index (χ3n) is 3.18. The quantitative estimate of drug-likeness (QED) is 0.642. The number of nitrogens with one attached hydrogen (secondary N) is 2. The first-order valence-corrected chi connectivity index (χ1v) is 7.44. The second kappa shape index (κ2) is 5.53.